The molecule has 9 heteroatoms. The second kappa shape index (κ2) is 11.5. The lowest BCUT2D eigenvalue weighted by Crippen LogP contribution is -2.43. The second-order valence-electron chi connectivity index (χ2n) is 9.35. The van der Waals surface area contributed by atoms with Crippen LogP contribution in [0, 0.1) is 11.6 Å². The minimum absolute atomic E-state index is 0.0635. The Bertz CT molecular complexity index is 1280. The monoisotopic (exact) mass is 527 g/mol. The lowest BCUT2D eigenvalue weighted by atomic mass is 10.1. The normalized spacial score (nSPS) is 18.8. The van der Waals surface area contributed by atoms with Crippen LogP contribution in [-0.2, 0) is 24.3 Å². The number of halogens is 3. The predicted octanol–water partition coefficient (Wildman–Crippen LogP) is 4.44. The summed E-state index contributed by atoms with van der Waals surface area (Å²) in [4.78, 5) is 15.3. The van der Waals surface area contributed by atoms with Crippen LogP contribution in [-0.4, -0.2) is 42.8 Å². The number of nitrogens with zero attached hydrogens (tertiary/aromatic N) is 1. The van der Waals surface area contributed by atoms with Gasteiger partial charge in [-0.2, -0.15) is 0 Å². The summed E-state index contributed by atoms with van der Waals surface area (Å²) in [5.74, 6) is 0.444. The molecule has 0 radical (unpaired) electrons. The van der Waals surface area contributed by atoms with Crippen LogP contribution in [0.3, 0.4) is 0 Å². The van der Waals surface area contributed by atoms with Gasteiger partial charge in [-0.3, -0.25) is 9.69 Å². The molecule has 6 nitrogen and oxygen atoms in total. The largest absolute Gasteiger partial charge is 0.454 e. The standard InChI is InChI=1S/C28H28ClF2N3O3/c29-21-3-1-2-19(10-21)15-34-16-23(33-14-20-12-22(30)5-6-24(20)31)13-25(34)28(35)32-9-8-18-4-7-26-27(11-18)37-17-36-26/h1-7,10-12,23,25,33H,8-9,13-17H2,(H,32,35)/t23-,25+/m1/s1. The molecule has 2 aliphatic rings. The van der Waals surface area contributed by atoms with E-state index in [-0.39, 0.29) is 36.9 Å². The quantitative estimate of drug-likeness (QED) is 0.431. The fraction of sp³-hybridized carbons (Fsp3) is 0.321. The van der Waals surface area contributed by atoms with Gasteiger partial charge in [0.05, 0.1) is 6.04 Å². The molecule has 37 heavy (non-hydrogen) atoms. The summed E-state index contributed by atoms with van der Waals surface area (Å²) >= 11 is 6.17. The summed E-state index contributed by atoms with van der Waals surface area (Å²) in [5.41, 5.74) is 2.31. The van der Waals surface area contributed by atoms with Crippen molar-refractivity contribution in [3.63, 3.8) is 0 Å². The molecule has 1 amide bonds. The predicted molar refractivity (Wildman–Crippen MR) is 137 cm³/mol. The fourth-order valence-electron chi connectivity index (χ4n) is 4.85. The third-order valence-corrected chi connectivity index (χ3v) is 6.95. The number of benzene rings is 3. The summed E-state index contributed by atoms with van der Waals surface area (Å²) in [7, 11) is 0. The Balaban J connectivity index is 1.22. The maximum Gasteiger partial charge on any atom is 0.237 e. The summed E-state index contributed by atoms with van der Waals surface area (Å²) in [6.45, 7) is 2.02. The molecule has 0 aliphatic carbocycles. The van der Waals surface area contributed by atoms with Crippen LogP contribution < -0.4 is 20.1 Å². The number of fused-ring (bicyclic) bond motifs is 1. The summed E-state index contributed by atoms with van der Waals surface area (Å²) in [6, 6.07) is 16.3. The molecule has 0 spiro atoms. The van der Waals surface area contributed by atoms with Gasteiger partial charge in [-0.05, 0) is 66.4 Å². The molecule has 3 aromatic rings. The first-order valence-corrected chi connectivity index (χ1v) is 12.6. The zero-order valence-corrected chi connectivity index (χ0v) is 20.9. The van der Waals surface area contributed by atoms with Gasteiger partial charge in [0.2, 0.25) is 12.7 Å². The van der Waals surface area contributed by atoms with Crippen LogP contribution >= 0.6 is 11.6 Å². The van der Waals surface area contributed by atoms with Crippen molar-refractivity contribution in [1.82, 2.24) is 15.5 Å². The molecule has 5 rings (SSSR count). The van der Waals surface area contributed by atoms with Gasteiger partial charge in [0.25, 0.3) is 0 Å². The highest BCUT2D eigenvalue weighted by Gasteiger charge is 2.36. The van der Waals surface area contributed by atoms with E-state index < -0.39 is 11.6 Å². The number of likely N-dealkylation sites (tertiary alicyclic amines) is 1. The molecule has 0 saturated carbocycles. The average Bonchev–Trinajstić information content (AvgIpc) is 3.51. The third kappa shape index (κ3) is 6.39. The van der Waals surface area contributed by atoms with E-state index in [2.05, 4.69) is 15.5 Å². The Hall–Kier alpha value is -3.20. The number of carbonyl (C=O) groups excluding carboxylic acids is 1. The Kier molecular flexibility index (Phi) is 7.88. The van der Waals surface area contributed by atoms with Gasteiger partial charge in [0.1, 0.15) is 11.6 Å². The number of hydrogen-bond acceptors (Lipinski definition) is 5. The maximum atomic E-state index is 14.1. The second-order valence-corrected chi connectivity index (χ2v) is 9.79. The Morgan fingerprint density at radius 1 is 1.03 bits per heavy atom. The zero-order chi connectivity index (χ0) is 25.8. The number of rotatable bonds is 9. The van der Waals surface area contributed by atoms with Crippen molar-refractivity contribution in [3.8, 4) is 11.5 Å². The minimum atomic E-state index is -0.480. The number of nitrogens with one attached hydrogen (secondary N) is 2. The van der Waals surface area contributed by atoms with Gasteiger partial charge in [0.15, 0.2) is 11.5 Å². The molecule has 1 fully saturated rings. The Morgan fingerprint density at radius 2 is 1.89 bits per heavy atom. The van der Waals surface area contributed by atoms with Gasteiger partial charge in [-0.25, -0.2) is 8.78 Å². The van der Waals surface area contributed by atoms with Gasteiger partial charge < -0.3 is 20.1 Å². The van der Waals surface area contributed by atoms with Crippen molar-refractivity contribution >= 4 is 17.5 Å². The highest BCUT2D eigenvalue weighted by Crippen LogP contribution is 2.32. The van der Waals surface area contributed by atoms with Crippen molar-refractivity contribution in [2.75, 3.05) is 19.9 Å². The molecule has 3 aromatic carbocycles. The van der Waals surface area contributed by atoms with Crippen LogP contribution in [0.5, 0.6) is 11.5 Å². The summed E-state index contributed by atoms with van der Waals surface area (Å²) < 4.78 is 38.5. The van der Waals surface area contributed by atoms with Crippen LogP contribution in [0.2, 0.25) is 5.02 Å². The van der Waals surface area contributed by atoms with E-state index in [1.807, 2.05) is 42.5 Å². The molecule has 2 aliphatic heterocycles. The molecule has 194 valence electrons. The molecular formula is C28H28ClF2N3O3. The topological polar surface area (TPSA) is 62.8 Å². The molecule has 0 aromatic heterocycles. The van der Waals surface area contributed by atoms with Gasteiger partial charge in [0, 0.05) is 42.8 Å². The van der Waals surface area contributed by atoms with E-state index in [1.54, 1.807) is 0 Å². The molecule has 1 saturated heterocycles. The van der Waals surface area contributed by atoms with Gasteiger partial charge in [-0.1, -0.05) is 29.8 Å². The first-order chi connectivity index (χ1) is 17.9. The minimum Gasteiger partial charge on any atom is -0.454 e. The molecular weight excluding hydrogens is 500 g/mol. The molecule has 0 unspecified atom stereocenters. The van der Waals surface area contributed by atoms with E-state index in [4.69, 9.17) is 21.1 Å². The fourth-order valence-corrected chi connectivity index (χ4v) is 5.06. The first kappa shape index (κ1) is 25.4. The Morgan fingerprint density at radius 3 is 2.76 bits per heavy atom. The van der Waals surface area contributed by atoms with E-state index in [0.29, 0.717) is 37.5 Å². The third-order valence-electron chi connectivity index (χ3n) is 6.72. The van der Waals surface area contributed by atoms with E-state index in [9.17, 15) is 13.6 Å². The number of hydrogen-bond donors (Lipinski definition) is 2. The van der Waals surface area contributed by atoms with Crippen molar-refractivity contribution in [3.05, 3.63) is 94.0 Å². The SMILES string of the molecule is O=C(NCCc1ccc2c(c1)OCO2)[C@@H]1C[C@@H](NCc2cc(F)ccc2F)CN1Cc1cccc(Cl)c1. The molecule has 2 atom stereocenters. The van der Waals surface area contributed by atoms with Crippen molar-refractivity contribution < 1.29 is 23.0 Å². The van der Waals surface area contributed by atoms with E-state index >= 15 is 0 Å². The maximum absolute atomic E-state index is 14.1. The van der Waals surface area contributed by atoms with Crippen LogP contribution in [0.4, 0.5) is 8.78 Å². The lowest BCUT2D eigenvalue weighted by Gasteiger charge is -2.23. The molecule has 2 heterocycles. The van der Waals surface area contributed by atoms with Crippen molar-refractivity contribution in [2.24, 2.45) is 0 Å². The number of carbonyl (C=O) groups is 1. The highest BCUT2D eigenvalue weighted by molar-refractivity contribution is 6.30. The Labute approximate surface area is 219 Å². The summed E-state index contributed by atoms with van der Waals surface area (Å²) in [6.07, 6.45) is 1.21. The van der Waals surface area contributed by atoms with E-state index in [0.717, 1.165) is 34.8 Å². The number of ether oxygens (including phenoxy) is 2. The van der Waals surface area contributed by atoms with Crippen LogP contribution in [0.15, 0.2) is 60.7 Å². The highest BCUT2D eigenvalue weighted by atomic mass is 35.5. The zero-order valence-electron chi connectivity index (χ0n) is 20.2. The molecule has 0 bridgehead atoms. The lowest BCUT2D eigenvalue weighted by molar-refractivity contribution is -0.125. The average molecular weight is 528 g/mol. The van der Waals surface area contributed by atoms with Crippen molar-refractivity contribution in [2.45, 2.75) is 38.0 Å². The molecule has 2 N–H and O–H groups in total. The summed E-state index contributed by atoms with van der Waals surface area (Å²) in [5, 5.41) is 7.00. The van der Waals surface area contributed by atoms with Crippen LogP contribution in [0.1, 0.15) is 23.1 Å². The number of amides is 1. The van der Waals surface area contributed by atoms with Gasteiger partial charge in [-0.15, -0.1) is 0 Å². The van der Waals surface area contributed by atoms with E-state index in [1.165, 1.54) is 6.07 Å². The van der Waals surface area contributed by atoms with Gasteiger partial charge >= 0.3 is 0 Å². The first-order valence-electron chi connectivity index (χ1n) is 12.3. The van der Waals surface area contributed by atoms with Crippen molar-refractivity contribution in [1.29, 1.82) is 0 Å². The van der Waals surface area contributed by atoms with Crippen LogP contribution in [0.25, 0.3) is 0 Å². The smallest absolute Gasteiger partial charge is 0.237 e.